The van der Waals surface area contributed by atoms with Crippen LogP contribution in [0.5, 0.6) is 0 Å². The maximum atomic E-state index is 13.3. The Morgan fingerprint density at radius 1 is 1.38 bits per heavy atom. The first-order valence-electron chi connectivity index (χ1n) is 5.19. The fourth-order valence-electron chi connectivity index (χ4n) is 2.13. The number of nitrogens with two attached hydrogens (primary N) is 1. The molecule has 0 aliphatic heterocycles. The number of rotatable bonds is 2. The molecule has 0 bridgehead atoms. The lowest BCUT2D eigenvalue weighted by atomic mass is 10.0. The average molecular weight is 230 g/mol. The third-order valence-corrected chi connectivity index (χ3v) is 3.03. The minimum atomic E-state index is -3.53. The molecule has 0 unspecified atom stereocenters. The molecule has 0 fully saturated rings. The van der Waals surface area contributed by atoms with Gasteiger partial charge in [-0.1, -0.05) is 0 Å². The molecule has 5 heteroatoms. The van der Waals surface area contributed by atoms with E-state index in [4.69, 9.17) is 5.73 Å². The summed E-state index contributed by atoms with van der Waals surface area (Å²) in [6.45, 7) is -0.265. The number of pyridine rings is 1. The quantitative estimate of drug-likeness (QED) is 0.847. The Kier molecular flexibility index (Phi) is 2.56. The van der Waals surface area contributed by atoms with Crippen LogP contribution in [0.25, 0.3) is 0 Å². The first kappa shape index (κ1) is 11.2. The molecule has 16 heavy (non-hydrogen) atoms. The molecule has 0 atom stereocenters. The van der Waals surface area contributed by atoms with Gasteiger partial charge in [-0.15, -0.1) is 0 Å². The van der Waals surface area contributed by atoms with Gasteiger partial charge in [-0.05, 0) is 31.7 Å². The van der Waals surface area contributed by atoms with Gasteiger partial charge in [-0.2, -0.15) is 8.78 Å². The van der Waals surface area contributed by atoms with Crippen LogP contribution in [-0.4, -0.2) is 11.7 Å². The zero-order valence-electron chi connectivity index (χ0n) is 8.99. The van der Waals surface area contributed by atoms with Crippen LogP contribution in [0.4, 0.5) is 18.9 Å². The molecule has 2 rings (SSSR count). The van der Waals surface area contributed by atoms with Crippen LogP contribution in [0.3, 0.4) is 0 Å². The van der Waals surface area contributed by atoms with E-state index in [0.717, 1.165) is 18.4 Å². The van der Waals surface area contributed by atoms with Gasteiger partial charge >= 0.3 is 5.92 Å². The fraction of sp³-hybridized carbons (Fsp3) is 0.545. The van der Waals surface area contributed by atoms with Crippen LogP contribution in [0.1, 0.15) is 28.9 Å². The molecule has 1 heterocycles. The molecule has 1 aliphatic carbocycles. The summed E-state index contributed by atoms with van der Waals surface area (Å²) in [5.74, 6) is -3.53. The number of fused-ring (bicyclic) bond motifs is 1. The summed E-state index contributed by atoms with van der Waals surface area (Å²) in [5.41, 5.74) is 7.31. The number of anilines is 1. The summed E-state index contributed by atoms with van der Waals surface area (Å²) in [6.07, 6.45) is 2.29. The Labute approximate surface area is 91.7 Å². The Hall–Kier alpha value is -1.26. The molecule has 1 aromatic heterocycles. The second-order valence-electron chi connectivity index (χ2n) is 4.12. The van der Waals surface area contributed by atoms with Crippen LogP contribution in [-0.2, 0) is 18.8 Å². The van der Waals surface area contributed by atoms with Crippen LogP contribution >= 0.6 is 0 Å². The number of alkyl halides is 3. The number of aryl methyl sites for hydroxylation is 1. The van der Waals surface area contributed by atoms with Crippen molar-refractivity contribution in [2.24, 2.45) is 0 Å². The molecule has 2 nitrogen and oxygen atoms in total. The predicted octanol–water partition coefficient (Wildman–Crippen LogP) is 2.52. The van der Waals surface area contributed by atoms with Gasteiger partial charge in [0.25, 0.3) is 0 Å². The van der Waals surface area contributed by atoms with Crippen molar-refractivity contribution in [1.82, 2.24) is 4.98 Å². The molecule has 0 aromatic carbocycles. The van der Waals surface area contributed by atoms with Gasteiger partial charge < -0.3 is 5.73 Å². The van der Waals surface area contributed by atoms with Gasteiger partial charge in [-0.3, -0.25) is 4.98 Å². The third-order valence-electron chi connectivity index (χ3n) is 3.03. The third kappa shape index (κ3) is 1.54. The van der Waals surface area contributed by atoms with Crippen molar-refractivity contribution in [2.45, 2.75) is 32.1 Å². The van der Waals surface area contributed by atoms with Crippen LogP contribution in [0, 0.1) is 6.92 Å². The number of nitrogen functional groups attached to an aromatic ring is 1. The normalized spacial score (nSPS) is 15.2. The van der Waals surface area contributed by atoms with Gasteiger partial charge in [0.1, 0.15) is 5.69 Å². The monoisotopic (exact) mass is 230 g/mol. The summed E-state index contributed by atoms with van der Waals surface area (Å²) in [6, 6.07) is 0. The smallest absolute Gasteiger partial charge is 0.317 e. The van der Waals surface area contributed by atoms with E-state index < -0.39 is 18.3 Å². The van der Waals surface area contributed by atoms with Crippen molar-refractivity contribution in [3.05, 3.63) is 22.5 Å². The first-order chi connectivity index (χ1) is 7.47. The molecule has 0 spiro atoms. The molecule has 0 radical (unpaired) electrons. The summed E-state index contributed by atoms with van der Waals surface area (Å²) in [7, 11) is 0. The molecule has 88 valence electrons. The van der Waals surface area contributed by atoms with Gasteiger partial charge in [0, 0.05) is 16.9 Å². The van der Waals surface area contributed by atoms with Crippen molar-refractivity contribution < 1.29 is 13.2 Å². The van der Waals surface area contributed by atoms with Crippen LogP contribution in [0.15, 0.2) is 0 Å². The van der Waals surface area contributed by atoms with Gasteiger partial charge in [-0.25, -0.2) is 4.39 Å². The van der Waals surface area contributed by atoms with Crippen LogP contribution < -0.4 is 5.73 Å². The zero-order valence-corrected chi connectivity index (χ0v) is 8.99. The molecular formula is C11H13F3N2. The second kappa shape index (κ2) is 3.64. The minimum Gasteiger partial charge on any atom is -0.398 e. The van der Waals surface area contributed by atoms with E-state index in [2.05, 4.69) is 4.98 Å². The molecule has 1 aromatic rings. The largest absolute Gasteiger partial charge is 0.398 e. The number of nitrogens with zero attached hydrogens (tertiary/aromatic N) is 1. The first-order valence-corrected chi connectivity index (χ1v) is 5.19. The van der Waals surface area contributed by atoms with E-state index in [1.165, 1.54) is 6.92 Å². The summed E-state index contributed by atoms with van der Waals surface area (Å²) in [5, 5.41) is 0. The lowest BCUT2D eigenvalue weighted by Gasteiger charge is -2.18. The maximum absolute atomic E-state index is 13.3. The predicted molar refractivity (Wildman–Crippen MR) is 55.3 cm³/mol. The fourth-order valence-corrected chi connectivity index (χ4v) is 2.13. The number of halogens is 3. The van der Waals surface area contributed by atoms with Gasteiger partial charge in [0.05, 0.1) is 0 Å². The number of aromatic nitrogens is 1. The average Bonchev–Trinajstić information content (AvgIpc) is 2.71. The standard InChI is InChI=1S/C11H13F3N2/c1-6-9(15)7-3-2-4-8(7)16-10(6)11(13,14)5-12/h2-5H2,1H3,(H2,15,16). The molecule has 2 N–H and O–H groups in total. The molecule has 0 amide bonds. The second-order valence-corrected chi connectivity index (χ2v) is 4.12. The van der Waals surface area contributed by atoms with E-state index in [0.29, 0.717) is 17.8 Å². The topological polar surface area (TPSA) is 38.9 Å². The minimum absolute atomic E-state index is 0.211. The van der Waals surface area contributed by atoms with E-state index in [-0.39, 0.29) is 5.56 Å². The van der Waals surface area contributed by atoms with Gasteiger partial charge in [0.15, 0.2) is 6.67 Å². The lowest BCUT2D eigenvalue weighted by Crippen LogP contribution is -2.21. The van der Waals surface area contributed by atoms with Crippen molar-refractivity contribution >= 4 is 5.69 Å². The Balaban J connectivity index is 2.60. The number of hydrogen-bond acceptors (Lipinski definition) is 2. The highest BCUT2D eigenvalue weighted by Crippen LogP contribution is 2.36. The highest BCUT2D eigenvalue weighted by atomic mass is 19.3. The SMILES string of the molecule is Cc1c(C(F)(F)CF)nc2c(c1N)CCC2. The van der Waals surface area contributed by atoms with E-state index in [1.54, 1.807) is 0 Å². The van der Waals surface area contributed by atoms with Crippen molar-refractivity contribution in [1.29, 1.82) is 0 Å². The molecular weight excluding hydrogens is 217 g/mol. The Morgan fingerprint density at radius 2 is 2.06 bits per heavy atom. The van der Waals surface area contributed by atoms with Gasteiger partial charge in [0.2, 0.25) is 0 Å². The maximum Gasteiger partial charge on any atom is 0.317 e. The molecule has 0 saturated heterocycles. The summed E-state index contributed by atoms with van der Waals surface area (Å²) >= 11 is 0. The Bertz CT molecular complexity index is 430. The summed E-state index contributed by atoms with van der Waals surface area (Å²) in [4.78, 5) is 3.89. The van der Waals surface area contributed by atoms with Crippen molar-refractivity contribution in [2.75, 3.05) is 12.4 Å². The highest BCUT2D eigenvalue weighted by molar-refractivity contribution is 5.58. The Morgan fingerprint density at radius 3 is 2.69 bits per heavy atom. The highest BCUT2D eigenvalue weighted by Gasteiger charge is 2.37. The molecule has 0 saturated carbocycles. The van der Waals surface area contributed by atoms with E-state index >= 15 is 0 Å². The van der Waals surface area contributed by atoms with E-state index in [1.807, 2.05) is 0 Å². The zero-order chi connectivity index (χ0) is 11.9. The summed E-state index contributed by atoms with van der Waals surface area (Å²) < 4.78 is 38.9. The lowest BCUT2D eigenvalue weighted by molar-refractivity contribution is -0.0328. The number of hydrogen-bond donors (Lipinski definition) is 1. The van der Waals surface area contributed by atoms with Crippen LogP contribution in [0.2, 0.25) is 0 Å². The molecule has 1 aliphatic rings. The van der Waals surface area contributed by atoms with Crippen molar-refractivity contribution in [3.63, 3.8) is 0 Å². The van der Waals surface area contributed by atoms with Crippen molar-refractivity contribution in [3.8, 4) is 0 Å². The van der Waals surface area contributed by atoms with E-state index in [9.17, 15) is 13.2 Å².